The molecule has 1 saturated heterocycles. The Morgan fingerprint density at radius 1 is 1.06 bits per heavy atom. The van der Waals surface area contributed by atoms with E-state index in [0.717, 1.165) is 42.1 Å². The molecule has 10 heteroatoms. The molecule has 0 spiro atoms. The highest BCUT2D eigenvalue weighted by molar-refractivity contribution is 7.91. The van der Waals surface area contributed by atoms with Gasteiger partial charge in [-0.15, -0.1) is 0 Å². The van der Waals surface area contributed by atoms with Crippen LogP contribution in [0.2, 0.25) is 0 Å². The van der Waals surface area contributed by atoms with Gasteiger partial charge in [-0.25, -0.2) is 13.2 Å². The zero-order valence-corrected chi connectivity index (χ0v) is 18.0. The van der Waals surface area contributed by atoms with E-state index < -0.39 is 22.0 Å². The number of piperidine rings is 1. The summed E-state index contributed by atoms with van der Waals surface area (Å²) in [5, 5.41) is 10.5. The Balaban J connectivity index is 0.000000360. The molecule has 4 rings (SSSR count). The molecule has 32 heavy (non-hydrogen) atoms. The van der Waals surface area contributed by atoms with Crippen LogP contribution in [0.15, 0.2) is 47.4 Å². The SMILES string of the molecule is O=C(O)C(F)(F)F.O=S1(=O)CCc2cc(-c3ccc(OCC4CCNCC4)cc3)ccc21. The number of carboxylic acid groups (broad SMARTS) is 1. The number of ether oxygens (including phenoxy) is 1. The van der Waals surface area contributed by atoms with Crippen molar-refractivity contribution >= 4 is 15.8 Å². The van der Waals surface area contributed by atoms with Gasteiger partial charge in [0.2, 0.25) is 0 Å². The van der Waals surface area contributed by atoms with Crippen molar-refractivity contribution < 1.29 is 36.2 Å². The molecular weight excluding hydrogens is 447 g/mol. The quantitative estimate of drug-likeness (QED) is 0.707. The Hall–Kier alpha value is -2.59. The molecule has 0 bridgehead atoms. The Kier molecular flexibility index (Phi) is 7.45. The van der Waals surface area contributed by atoms with E-state index in [4.69, 9.17) is 14.6 Å². The van der Waals surface area contributed by atoms with Crippen LogP contribution in [-0.2, 0) is 21.1 Å². The molecule has 0 saturated carbocycles. The zero-order chi connectivity index (χ0) is 23.4. The first-order chi connectivity index (χ1) is 15.1. The van der Waals surface area contributed by atoms with Gasteiger partial charge in [0.25, 0.3) is 0 Å². The molecule has 2 heterocycles. The van der Waals surface area contributed by atoms with E-state index in [1.807, 2.05) is 36.4 Å². The van der Waals surface area contributed by atoms with E-state index >= 15 is 0 Å². The van der Waals surface area contributed by atoms with E-state index in [-0.39, 0.29) is 5.75 Å². The van der Waals surface area contributed by atoms with E-state index in [0.29, 0.717) is 17.2 Å². The molecule has 2 aromatic rings. The van der Waals surface area contributed by atoms with Crippen molar-refractivity contribution in [2.45, 2.75) is 30.3 Å². The van der Waals surface area contributed by atoms with Gasteiger partial charge in [0, 0.05) is 0 Å². The first-order valence-electron chi connectivity index (χ1n) is 10.2. The predicted molar refractivity (Wildman–Crippen MR) is 112 cm³/mol. The predicted octanol–water partition coefficient (Wildman–Crippen LogP) is 3.70. The summed E-state index contributed by atoms with van der Waals surface area (Å²) in [6.07, 6.45) is -2.12. The molecule has 2 aliphatic rings. The molecule has 174 valence electrons. The number of aryl methyl sites for hydroxylation is 1. The van der Waals surface area contributed by atoms with Gasteiger partial charge in [-0.2, -0.15) is 13.2 Å². The molecule has 2 aromatic carbocycles. The second-order valence-electron chi connectivity index (χ2n) is 7.72. The number of hydrogen-bond donors (Lipinski definition) is 2. The first kappa shape index (κ1) is 24.1. The summed E-state index contributed by atoms with van der Waals surface area (Å²) in [6.45, 7) is 2.94. The third-order valence-electron chi connectivity index (χ3n) is 5.41. The van der Waals surface area contributed by atoms with Gasteiger partial charge >= 0.3 is 12.1 Å². The van der Waals surface area contributed by atoms with Gasteiger partial charge in [-0.05, 0) is 79.2 Å². The van der Waals surface area contributed by atoms with Crippen molar-refractivity contribution in [3.63, 3.8) is 0 Å². The van der Waals surface area contributed by atoms with Gasteiger partial charge in [0.1, 0.15) is 5.75 Å². The maximum absolute atomic E-state index is 11.9. The van der Waals surface area contributed by atoms with Crippen molar-refractivity contribution in [2.75, 3.05) is 25.4 Å². The Bertz CT molecular complexity index is 1050. The van der Waals surface area contributed by atoms with E-state index in [9.17, 15) is 21.6 Å². The van der Waals surface area contributed by atoms with Crippen molar-refractivity contribution in [3.05, 3.63) is 48.0 Å². The van der Waals surface area contributed by atoms with Gasteiger partial charge in [-0.1, -0.05) is 18.2 Å². The summed E-state index contributed by atoms with van der Waals surface area (Å²) < 4.78 is 61.5. The van der Waals surface area contributed by atoms with Gasteiger partial charge in [-0.3, -0.25) is 0 Å². The molecule has 2 aliphatic heterocycles. The molecular formula is C22H24F3NO5S. The number of rotatable bonds is 4. The largest absolute Gasteiger partial charge is 0.493 e. The third kappa shape index (κ3) is 6.23. The second-order valence-corrected chi connectivity index (χ2v) is 9.80. The average Bonchev–Trinajstić information content (AvgIpc) is 3.07. The molecule has 0 radical (unpaired) electrons. The maximum Gasteiger partial charge on any atom is 0.490 e. The minimum absolute atomic E-state index is 0.231. The summed E-state index contributed by atoms with van der Waals surface area (Å²) in [5.74, 6) is -0.993. The fraction of sp³-hybridized carbons (Fsp3) is 0.409. The molecule has 0 aliphatic carbocycles. The highest BCUT2D eigenvalue weighted by atomic mass is 32.2. The van der Waals surface area contributed by atoms with Crippen LogP contribution >= 0.6 is 0 Å². The molecule has 0 aromatic heterocycles. The fourth-order valence-electron chi connectivity index (χ4n) is 3.62. The maximum atomic E-state index is 11.9. The van der Waals surface area contributed by atoms with Gasteiger partial charge in [0.05, 0.1) is 17.3 Å². The number of alkyl halides is 3. The lowest BCUT2D eigenvalue weighted by atomic mass is 9.99. The molecule has 0 unspecified atom stereocenters. The van der Waals surface area contributed by atoms with Crippen LogP contribution in [0.25, 0.3) is 11.1 Å². The smallest absolute Gasteiger partial charge is 0.490 e. The molecule has 0 atom stereocenters. The molecule has 6 nitrogen and oxygen atoms in total. The van der Waals surface area contributed by atoms with Crippen molar-refractivity contribution in [1.29, 1.82) is 0 Å². The minimum Gasteiger partial charge on any atom is -0.493 e. The second kappa shape index (κ2) is 9.91. The normalized spacial score (nSPS) is 17.7. The number of hydrogen-bond acceptors (Lipinski definition) is 5. The Morgan fingerprint density at radius 3 is 2.25 bits per heavy atom. The standard InChI is InChI=1S/C20H23NO3S.C2HF3O2/c22-25(23)12-9-18-13-17(3-6-20(18)25)16-1-4-19(5-2-16)24-14-15-7-10-21-11-8-15;3-2(4,5)1(6)7/h1-6,13,15,21H,7-12,14H2;(H,6,7). The lowest BCUT2D eigenvalue weighted by Crippen LogP contribution is -2.30. The zero-order valence-electron chi connectivity index (χ0n) is 17.2. The number of fused-ring (bicyclic) bond motifs is 1. The van der Waals surface area contributed by atoms with Crippen molar-refractivity contribution in [3.8, 4) is 16.9 Å². The third-order valence-corrected chi connectivity index (χ3v) is 7.22. The number of aliphatic carboxylic acids is 1. The highest BCUT2D eigenvalue weighted by Gasteiger charge is 2.38. The van der Waals surface area contributed by atoms with Crippen LogP contribution in [0.3, 0.4) is 0 Å². The van der Waals surface area contributed by atoms with Crippen LogP contribution in [0.1, 0.15) is 18.4 Å². The molecule has 1 fully saturated rings. The lowest BCUT2D eigenvalue weighted by Gasteiger charge is -2.22. The summed E-state index contributed by atoms with van der Waals surface area (Å²) in [6, 6.07) is 13.7. The van der Waals surface area contributed by atoms with E-state index in [1.54, 1.807) is 6.07 Å². The average molecular weight is 471 g/mol. The minimum atomic E-state index is -5.08. The van der Waals surface area contributed by atoms with Crippen LogP contribution in [-0.4, -0.2) is 51.1 Å². The van der Waals surface area contributed by atoms with E-state index in [1.165, 1.54) is 12.8 Å². The number of halogens is 3. The van der Waals surface area contributed by atoms with E-state index in [2.05, 4.69) is 5.32 Å². The number of carboxylic acids is 1. The number of sulfone groups is 1. The molecule has 0 amide bonds. The Labute approximate surface area is 184 Å². The number of nitrogens with one attached hydrogen (secondary N) is 1. The van der Waals surface area contributed by atoms with Crippen LogP contribution in [0, 0.1) is 5.92 Å². The van der Waals surface area contributed by atoms with Crippen LogP contribution < -0.4 is 10.1 Å². The van der Waals surface area contributed by atoms with Gasteiger partial charge < -0.3 is 15.2 Å². The highest BCUT2D eigenvalue weighted by Crippen LogP contribution is 2.31. The van der Waals surface area contributed by atoms with Gasteiger partial charge in [0.15, 0.2) is 9.84 Å². The first-order valence-corrected chi connectivity index (χ1v) is 11.8. The monoisotopic (exact) mass is 471 g/mol. The fourth-order valence-corrected chi connectivity index (χ4v) is 5.16. The number of benzene rings is 2. The van der Waals surface area contributed by atoms with Crippen LogP contribution in [0.5, 0.6) is 5.75 Å². The van der Waals surface area contributed by atoms with Crippen molar-refractivity contribution in [2.24, 2.45) is 5.92 Å². The summed E-state index contributed by atoms with van der Waals surface area (Å²) >= 11 is 0. The van der Waals surface area contributed by atoms with Crippen LogP contribution in [0.4, 0.5) is 13.2 Å². The topological polar surface area (TPSA) is 92.7 Å². The number of carbonyl (C=O) groups is 1. The lowest BCUT2D eigenvalue weighted by molar-refractivity contribution is -0.192. The molecule has 2 N–H and O–H groups in total. The summed E-state index contributed by atoms with van der Waals surface area (Å²) in [7, 11) is -3.05. The summed E-state index contributed by atoms with van der Waals surface area (Å²) in [5.41, 5.74) is 3.07. The summed E-state index contributed by atoms with van der Waals surface area (Å²) in [4.78, 5) is 9.39. The Morgan fingerprint density at radius 2 is 1.66 bits per heavy atom. The van der Waals surface area contributed by atoms with Crippen molar-refractivity contribution in [1.82, 2.24) is 5.32 Å².